The predicted octanol–water partition coefficient (Wildman–Crippen LogP) is 1.94. The third kappa shape index (κ3) is 4.57. The van der Waals surface area contributed by atoms with Gasteiger partial charge in [0.15, 0.2) is 5.69 Å². The van der Waals surface area contributed by atoms with Gasteiger partial charge in [0.25, 0.3) is 5.56 Å². The number of benzene rings is 1. The molecule has 29 heavy (non-hydrogen) atoms. The van der Waals surface area contributed by atoms with Gasteiger partial charge in [0, 0.05) is 24.9 Å². The van der Waals surface area contributed by atoms with Gasteiger partial charge in [-0.1, -0.05) is 6.07 Å². The molecule has 0 bridgehead atoms. The van der Waals surface area contributed by atoms with E-state index in [-0.39, 0.29) is 24.3 Å². The molecule has 3 aromatic rings. The standard InChI is InChI=1S/C18H16F3N5O2S/c19-18(20,21)11-4-6-13(7-5-11)26-17(28)25(16(27)14(24-26)15(22)29)10-8-12-3-1-2-9-23-12/h1-7,9,15,29H,8,10,22H2/t15-/m1/s1. The Bertz CT molecular complexity index is 1110. The van der Waals surface area contributed by atoms with Crippen molar-refractivity contribution < 1.29 is 13.2 Å². The van der Waals surface area contributed by atoms with Crippen molar-refractivity contribution in [3.8, 4) is 5.69 Å². The van der Waals surface area contributed by atoms with Crippen LogP contribution in [0.25, 0.3) is 5.69 Å². The summed E-state index contributed by atoms with van der Waals surface area (Å²) in [5.41, 5.74) is 3.82. The maximum Gasteiger partial charge on any atom is 0.416 e. The molecule has 2 aromatic heterocycles. The molecule has 0 aliphatic carbocycles. The number of halogens is 3. The Hall–Kier alpha value is -2.92. The lowest BCUT2D eigenvalue weighted by Gasteiger charge is -2.14. The fourth-order valence-corrected chi connectivity index (χ4v) is 2.81. The quantitative estimate of drug-likeness (QED) is 0.483. The smallest absolute Gasteiger partial charge is 0.314 e. The maximum atomic E-state index is 12.8. The van der Waals surface area contributed by atoms with Crippen molar-refractivity contribution in [3.05, 3.63) is 86.5 Å². The van der Waals surface area contributed by atoms with Crippen molar-refractivity contribution in [1.29, 1.82) is 0 Å². The maximum absolute atomic E-state index is 12.8. The van der Waals surface area contributed by atoms with Crippen LogP contribution in [-0.2, 0) is 19.1 Å². The number of nitrogens with zero attached hydrogens (tertiary/aromatic N) is 4. The van der Waals surface area contributed by atoms with Crippen molar-refractivity contribution in [1.82, 2.24) is 19.3 Å². The van der Waals surface area contributed by atoms with Gasteiger partial charge in [-0.2, -0.15) is 35.6 Å². The minimum atomic E-state index is -4.52. The average molecular weight is 423 g/mol. The molecule has 152 valence electrons. The zero-order valence-corrected chi connectivity index (χ0v) is 15.8. The van der Waals surface area contributed by atoms with E-state index in [2.05, 4.69) is 22.7 Å². The first-order valence-electron chi connectivity index (χ1n) is 8.44. The number of rotatable bonds is 5. The van der Waals surface area contributed by atoms with Crippen LogP contribution in [0.15, 0.2) is 58.3 Å². The van der Waals surface area contributed by atoms with E-state index in [0.29, 0.717) is 5.69 Å². The molecule has 0 saturated heterocycles. The highest BCUT2D eigenvalue weighted by molar-refractivity contribution is 7.80. The number of alkyl halides is 3. The van der Waals surface area contributed by atoms with Crippen LogP contribution >= 0.6 is 12.6 Å². The Balaban J connectivity index is 2.07. The Labute approximate surface area is 168 Å². The monoisotopic (exact) mass is 423 g/mol. The van der Waals surface area contributed by atoms with Crippen LogP contribution in [-0.4, -0.2) is 19.3 Å². The summed E-state index contributed by atoms with van der Waals surface area (Å²) in [7, 11) is 0. The molecule has 1 atom stereocenters. The van der Waals surface area contributed by atoms with Crippen molar-refractivity contribution in [3.63, 3.8) is 0 Å². The van der Waals surface area contributed by atoms with E-state index in [9.17, 15) is 22.8 Å². The molecule has 0 aliphatic rings. The minimum Gasteiger partial charge on any atom is -0.314 e. The molecule has 0 aliphatic heterocycles. The highest BCUT2D eigenvalue weighted by atomic mass is 32.1. The average Bonchev–Trinajstić information content (AvgIpc) is 2.68. The number of nitrogens with two attached hydrogens (primary N) is 1. The first kappa shape index (κ1) is 20.8. The zero-order valence-electron chi connectivity index (χ0n) is 14.9. The van der Waals surface area contributed by atoms with Gasteiger partial charge in [-0.15, -0.1) is 0 Å². The highest BCUT2D eigenvalue weighted by Gasteiger charge is 2.30. The van der Waals surface area contributed by atoms with E-state index in [1.54, 1.807) is 24.4 Å². The predicted molar refractivity (Wildman–Crippen MR) is 103 cm³/mol. The SMILES string of the molecule is N[C@H](S)c1nn(-c2ccc(C(F)(F)F)cc2)c(=O)n(CCc2ccccn2)c1=O. The van der Waals surface area contributed by atoms with Crippen molar-refractivity contribution >= 4 is 12.6 Å². The van der Waals surface area contributed by atoms with E-state index >= 15 is 0 Å². The van der Waals surface area contributed by atoms with Crippen LogP contribution in [0.3, 0.4) is 0 Å². The van der Waals surface area contributed by atoms with E-state index in [4.69, 9.17) is 5.73 Å². The molecule has 2 N–H and O–H groups in total. The van der Waals surface area contributed by atoms with Gasteiger partial charge in [0.05, 0.1) is 16.6 Å². The molecule has 0 amide bonds. The van der Waals surface area contributed by atoms with Crippen LogP contribution in [0.4, 0.5) is 13.2 Å². The summed E-state index contributed by atoms with van der Waals surface area (Å²) in [6.45, 7) is -0.00860. The highest BCUT2D eigenvalue weighted by Crippen LogP contribution is 2.29. The second-order valence-corrected chi connectivity index (χ2v) is 6.65. The Morgan fingerprint density at radius 1 is 1.10 bits per heavy atom. The second-order valence-electron chi connectivity index (χ2n) is 6.10. The lowest BCUT2D eigenvalue weighted by Crippen LogP contribution is -2.44. The molecular formula is C18H16F3N5O2S. The van der Waals surface area contributed by atoms with Gasteiger partial charge in [0.2, 0.25) is 0 Å². The fraction of sp³-hybridized carbons (Fsp3) is 0.222. The summed E-state index contributed by atoms with van der Waals surface area (Å²) in [6, 6.07) is 9.09. The molecular weight excluding hydrogens is 407 g/mol. The minimum absolute atomic E-state index is 0.00860. The lowest BCUT2D eigenvalue weighted by molar-refractivity contribution is -0.137. The van der Waals surface area contributed by atoms with E-state index in [0.717, 1.165) is 33.5 Å². The molecule has 7 nitrogen and oxygen atoms in total. The number of thiol groups is 1. The van der Waals surface area contributed by atoms with Gasteiger partial charge in [0.1, 0.15) is 0 Å². The topological polar surface area (TPSA) is 95.8 Å². The normalized spacial score (nSPS) is 12.7. The molecule has 2 heterocycles. The van der Waals surface area contributed by atoms with Crippen molar-refractivity contribution in [2.45, 2.75) is 24.5 Å². The van der Waals surface area contributed by atoms with Crippen LogP contribution in [0, 0.1) is 0 Å². The zero-order chi connectivity index (χ0) is 21.2. The number of hydrogen-bond acceptors (Lipinski definition) is 6. The molecule has 0 radical (unpaired) electrons. The molecule has 0 spiro atoms. The summed E-state index contributed by atoms with van der Waals surface area (Å²) in [5, 5.41) is 2.84. The Kier molecular flexibility index (Phi) is 5.89. The van der Waals surface area contributed by atoms with Crippen molar-refractivity contribution in [2.75, 3.05) is 0 Å². The largest absolute Gasteiger partial charge is 0.416 e. The Morgan fingerprint density at radius 3 is 2.34 bits per heavy atom. The van der Waals surface area contributed by atoms with Crippen LogP contribution in [0.1, 0.15) is 22.3 Å². The fourth-order valence-electron chi connectivity index (χ4n) is 2.65. The summed E-state index contributed by atoms with van der Waals surface area (Å²) in [4.78, 5) is 29.6. The molecule has 1 aromatic carbocycles. The van der Waals surface area contributed by atoms with E-state index in [1.165, 1.54) is 0 Å². The van der Waals surface area contributed by atoms with Crippen LogP contribution in [0.5, 0.6) is 0 Å². The number of aryl methyl sites for hydroxylation is 1. The summed E-state index contributed by atoms with van der Waals surface area (Å²) < 4.78 is 40.1. The second kappa shape index (κ2) is 8.21. The van der Waals surface area contributed by atoms with Gasteiger partial charge in [-0.3, -0.25) is 14.3 Å². The lowest BCUT2D eigenvalue weighted by atomic mass is 10.2. The summed E-state index contributed by atoms with van der Waals surface area (Å²) in [6.07, 6.45) is -2.65. The van der Waals surface area contributed by atoms with Gasteiger partial charge in [-0.25, -0.2) is 4.79 Å². The van der Waals surface area contributed by atoms with Gasteiger partial charge >= 0.3 is 11.9 Å². The first-order chi connectivity index (χ1) is 13.7. The molecule has 0 saturated carbocycles. The molecule has 11 heteroatoms. The molecule has 0 unspecified atom stereocenters. The van der Waals surface area contributed by atoms with Crippen molar-refractivity contribution in [2.24, 2.45) is 5.73 Å². The first-order valence-corrected chi connectivity index (χ1v) is 8.95. The van der Waals surface area contributed by atoms with Crippen LogP contribution in [0.2, 0.25) is 0 Å². The Morgan fingerprint density at radius 2 is 1.79 bits per heavy atom. The van der Waals surface area contributed by atoms with E-state index in [1.807, 2.05) is 0 Å². The number of pyridine rings is 1. The van der Waals surface area contributed by atoms with Crippen LogP contribution < -0.4 is 17.0 Å². The summed E-state index contributed by atoms with van der Waals surface area (Å²) >= 11 is 4.02. The molecule has 0 fully saturated rings. The third-order valence-corrected chi connectivity index (χ3v) is 4.37. The van der Waals surface area contributed by atoms with Gasteiger partial charge in [-0.05, 0) is 36.4 Å². The number of aromatic nitrogens is 4. The summed E-state index contributed by atoms with van der Waals surface area (Å²) in [5.74, 6) is 0. The number of hydrogen-bond donors (Lipinski definition) is 2. The van der Waals surface area contributed by atoms with E-state index < -0.39 is 28.4 Å². The third-order valence-electron chi connectivity index (χ3n) is 4.12. The van der Waals surface area contributed by atoms with Gasteiger partial charge < -0.3 is 5.73 Å². The molecule has 3 rings (SSSR count).